The molecule has 0 aliphatic rings. The summed E-state index contributed by atoms with van der Waals surface area (Å²) in [5.41, 5.74) is 1.42. The molecule has 0 aromatic carbocycles. The van der Waals surface area contributed by atoms with Gasteiger partial charge in [0.1, 0.15) is 5.82 Å². The predicted octanol–water partition coefficient (Wildman–Crippen LogP) is 1.09. The highest BCUT2D eigenvalue weighted by atomic mass is 16.5. The molecule has 0 radical (unpaired) electrons. The standard InChI is InChI=1S/C14H25N3O3/c1-10(15-6-5-7-20-9-8-19-4)13-11(2)16-12(3)17-14(13)18/h10,15H,5-9H2,1-4H3,(H,16,17,18). The Hall–Kier alpha value is -1.24. The van der Waals surface area contributed by atoms with Crippen molar-refractivity contribution in [2.75, 3.05) is 33.5 Å². The van der Waals surface area contributed by atoms with Gasteiger partial charge >= 0.3 is 0 Å². The largest absolute Gasteiger partial charge is 0.382 e. The smallest absolute Gasteiger partial charge is 0.255 e. The predicted molar refractivity (Wildman–Crippen MR) is 78.1 cm³/mol. The van der Waals surface area contributed by atoms with Crippen molar-refractivity contribution in [1.29, 1.82) is 0 Å². The molecular formula is C14H25N3O3. The first-order valence-corrected chi connectivity index (χ1v) is 6.93. The van der Waals surface area contributed by atoms with E-state index in [1.807, 2.05) is 13.8 Å². The summed E-state index contributed by atoms with van der Waals surface area (Å²) in [5, 5.41) is 3.32. The Labute approximate surface area is 119 Å². The van der Waals surface area contributed by atoms with Crippen LogP contribution in [0.3, 0.4) is 0 Å². The first-order valence-electron chi connectivity index (χ1n) is 6.93. The number of nitrogens with zero attached hydrogens (tertiary/aromatic N) is 1. The average Bonchev–Trinajstić information content (AvgIpc) is 2.36. The third kappa shape index (κ3) is 5.40. The summed E-state index contributed by atoms with van der Waals surface area (Å²) in [6.07, 6.45) is 0.893. The lowest BCUT2D eigenvalue weighted by Crippen LogP contribution is -2.29. The van der Waals surface area contributed by atoms with E-state index in [-0.39, 0.29) is 11.6 Å². The first kappa shape index (κ1) is 16.8. The van der Waals surface area contributed by atoms with Gasteiger partial charge in [-0.3, -0.25) is 4.79 Å². The number of H-pyrrole nitrogens is 1. The topological polar surface area (TPSA) is 76.2 Å². The molecule has 0 aliphatic heterocycles. The van der Waals surface area contributed by atoms with Crippen LogP contribution in [0.4, 0.5) is 0 Å². The molecule has 1 aromatic rings. The number of methoxy groups -OCH3 is 1. The molecule has 2 N–H and O–H groups in total. The van der Waals surface area contributed by atoms with E-state index >= 15 is 0 Å². The minimum atomic E-state index is -0.0636. The Bertz CT molecular complexity index is 459. The summed E-state index contributed by atoms with van der Waals surface area (Å²) in [6, 6.07) is -0.0224. The molecule has 0 fully saturated rings. The second kappa shape index (κ2) is 8.84. The van der Waals surface area contributed by atoms with Crippen LogP contribution in [0.25, 0.3) is 0 Å². The third-order valence-corrected chi connectivity index (χ3v) is 3.05. The molecule has 0 saturated carbocycles. The Morgan fingerprint density at radius 3 is 2.70 bits per heavy atom. The summed E-state index contributed by atoms with van der Waals surface area (Å²) >= 11 is 0. The van der Waals surface area contributed by atoms with Crippen molar-refractivity contribution in [2.24, 2.45) is 0 Å². The Balaban J connectivity index is 2.36. The fourth-order valence-electron chi connectivity index (χ4n) is 2.08. The Morgan fingerprint density at radius 1 is 1.30 bits per heavy atom. The second-order valence-electron chi connectivity index (χ2n) is 4.78. The summed E-state index contributed by atoms with van der Waals surface area (Å²) in [7, 11) is 1.65. The SMILES string of the molecule is COCCOCCCNC(C)c1c(C)nc(C)[nH]c1=O. The number of hydrogen-bond acceptors (Lipinski definition) is 5. The van der Waals surface area contributed by atoms with Crippen molar-refractivity contribution in [3.8, 4) is 0 Å². The van der Waals surface area contributed by atoms with E-state index < -0.39 is 0 Å². The van der Waals surface area contributed by atoms with Crippen LogP contribution in [0.15, 0.2) is 4.79 Å². The van der Waals surface area contributed by atoms with Crippen LogP contribution in [0, 0.1) is 13.8 Å². The number of hydrogen-bond donors (Lipinski definition) is 2. The van der Waals surface area contributed by atoms with Crippen molar-refractivity contribution in [3.63, 3.8) is 0 Å². The number of ether oxygens (including phenoxy) is 2. The molecule has 1 aromatic heterocycles. The van der Waals surface area contributed by atoms with E-state index in [1.165, 1.54) is 0 Å². The molecule has 1 atom stereocenters. The van der Waals surface area contributed by atoms with E-state index in [9.17, 15) is 4.79 Å². The van der Waals surface area contributed by atoms with Crippen LogP contribution in [0.5, 0.6) is 0 Å². The Morgan fingerprint density at radius 2 is 2.05 bits per heavy atom. The van der Waals surface area contributed by atoms with Gasteiger partial charge in [-0.1, -0.05) is 0 Å². The maximum absolute atomic E-state index is 11.9. The molecule has 0 bridgehead atoms. The maximum atomic E-state index is 11.9. The van der Waals surface area contributed by atoms with Crippen LogP contribution in [0.2, 0.25) is 0 Å². The highest BCUT2D eigenvalue weighted by molar-refractivity contribution is 5.19. The lowest BCUT2D eigenvalue weighted by molar-refractivity contribution is 0.0693. The number of rotatable bonds is 9. The minimum absolute atomic E-state index is 0.0224. The van der Waals surface area contributed by atoms with Crippen LogP contribution in [-0.2, 0) is 9.47 Å². The minimum Gasteiger partial charge on any atom is -0.382 e. The van der Waals surface area contributed by atoms with Gasteiger partial charge in [-0.05, 0) is 33.7 Å². The Kier molecular flexibility index (Phi) is 7.43. The van der Waals surface area contributed by atoms with Crippen molar-refractivity contribution >= 4 is 0 Å². The molecule has 114 valence electrons. The van der Waals surface area contributed by atoms with Gasteiger partial charge in [0.25, 0.3) is 5.56 Å². The third-order valence-electron chi connectivity index (χ3n) is 3.05. The normalized spacial score (nSPS) is 12.6. The molecule has 1 rings (SSSR count). The zero-order chi connectivity index (χ0) is 15.0. The summed E-state index contributed by atoms with van der Waals surface area (Å²) < 4.78 is 10.3. The van der Waals surface area contributed by atoms with E-state index in [1.54, 1.807) is 14.0 Å². The number of aryl methyl sites for hydroxylation is 2. The van der Waals surface area contributed by atoms with E-state index in [2.05, 4.69) is 15.3 Å². The van der Waals surface area contributed by atoms with Crippen LogP contribution in [-0.4, -0.2) is 43.4 Å². The zero-order valence-electron chi connectivity index (χ0n) is 12.8. The maximum Gasteiger partial charge on any atom is 0.255 e. The van der Waals surface area contributed by atoms with Gasteiger partial charge < -0.3 is 19.8 Å². The molecule has 6 nitrogen and oxygen atoms in total. The van der Waals surface area contributed by atoms with Gasteiger partial charge in [-0.15, -0.1) is 0 Å². The van der Waals surface area contributed by atoms with Crippen molar-refractivity contribution in [1.82, 2.24) is 15.3 Å². The van der Waals surface area contributed by atoms with Crippen molar-refractivity contribution in [3.05, 3.63) is 27.4 Å². The van der Waals surface area contributed by atoms with Gasteiger partial charge in [0.2, 0.25) is 0 Å². The quantitative estimate of drug-likeness (QED) is 0.664. The fraction of sp³-hybridized carbons (Fsp3) is 0.714. The van der Waals surface area contributed by atoms with Gasteiger partial charge in [0, 0.05) is 25.5 Å². The molecule has 0 spiro atoms. The second-order valence-corrected chi connectivity index (χ2v) is 4.78. The van der Waals surface area contributed by atoms with Crippen LogP contribution in [0.1, 0.15) is 36.5 Å². The molecule has 20 heavy (non-hydrogen) atoms. The highest BCUT2D eigenvalue weighted by Crippen LogP contribution is 2.10. The summed E-state index contributed by atoms with van der Waals surface area (Å²) in [6.45, 7) is 8.34. The van der Waals surface area contributed by atoms with Crippen LogP contribution >= 0.6 is 0 Å². The van der Waals surface area contributed by atoms with Crippen molar-refractivity contribution in [2.45, 2.75) is 33.2 Å². The summed E-state index contributed by atoms with van der Waals surface area (Å²) in [5.74, 6) is 0.648. The lowest BCUT2D eigenvalue weighted by Gasteiger charge is -2.15. The van der Waals surface area contributed by atoms with Crippen LogP contribution < -0.4 is 10.9 Å². The van der Waals surface area contributed by atoms with Gasteiger partial charge in [-0.25, -0.2) is 4.98 Å². The van der Waals surface area contributed by atoms with Gasteiger partial charge in [0.05, 0.1) is 18.8 Å². The van der Waals surface area contributed by atoms with Gasteiger partial charge in [-0.2, -0.15) is 0 Å². The summed E-state index contributed by atoms with van der Waals surface area (Å²) in [4.78, 5) is 19.0. The molecular weight excluding hydrogens is 258 g/mol. The fourth-order valence-corrected chi connectivity index (χ4v) is 2.08. The van der Waals surface area contributed by atoms with E-state index in [4.69, 9.17) is 9.47 Å². The molecule has 1 unspecified atom stereocenters. The lowest BCUT2D eigenvalue weighted by atomic mass is 10.1. The van der Waals surface area contributed by atoms with Gasteiger partial charge in [0.15, 0.2) is 0 Å². The number of nitrogens with one attached hydrogen (secondary N) is 2. The molecule has 0 aliphatic carbocycles. The highest BCUT2D eigenvalue weighted by Gasteiger charge is 2.13. The molecule has 1 heterocycles. The number of aromatic nitrogens is 2. The molecule has 6 heteroatoms. The van der Waals surface area contributed by atoms with E-state index in [0.29, 0.717) is 31.2 Å². The molecule has 0 saturated heterocycles. The molecule has 0 amide bonds. The number of aromatic amines is 1. The van der Waals surface area contributed by atoms with Crippen molar-refractivity contribution < 1.29 is 9.47 Å². The van der Waals surface area contributed by atoms with E-state index in [0.717, 1.165) is 18.7 Å². The first-order chi connectivity index (χ1) is 9.56. The monoisotopic (exact) mass is 283 g/mol. The zero-order valence-corrected chi connectivity index (χ0v) is 12.8. The average molecular weight is 283 g/mol.